The monoisotopic (exact) mass is 353 g/mol. The molecular formula is C21H23NO4. The molecule has 2 aromatic carbocycles. The van der Waals surface area contributed by atoms with E-state index in [9.17, 15) is 4.79 Å². The van der Waals surface area contributed by atoms with Gasteiger partial charge in [-0.3, -0.25) is 4.79 Å². The minimum Gasteiger partial charge on any atom is -0.493 e. The Bertz CT molecular complexity index is 777. The summed E-state index contributed by atoms with van der Waals surface area (Å²) in [7, 11) is 3.18. The Morgan fingerprint density at radius 3 is 2.35 bits per heavy atom. The number of anilines is 1. The number of rotatable bonds is 6. The molecule has 5 heteroatoms. The van der Waals surface area contributed by atoms with E-state index in [4.69, 9.17) is 14.2 Å². The largest absolute Gasteiger partial charge is 0.493 e. The molecule has 1 aliphatic heterocycles. The Hall–Kier alpha value is -2.79. The third kappa shape index (κ3) is 4.24. The number of hydrogen-bond acceptors (Lipinski definition) is 5. The highest BCUT2D eigenvalue weighted by atomic mass is 16.5. The van der Waals surface area contributed by atoms with Crippen molar-refractivity contribution >= 4 is 17.5 Å². The maximum Gasteiger partial charge on any atom is 0.185 e. The lowest BCUT2D eigenvalue weighted by molar-refractivity contribution is 0.104. The smallest absolute Gasteiger partial charge is 0.185 e. The summed E-state index contributed by atoms with van der Waals surface area (Å²) in [5.74, 6) is 1.26. The molecule has 0 saturated carbocycles. The normalized spacial score (nSPS) is 14.5. The van der Waals surface area contributed by atoms with Crippen molar-refractivity contribution in [2.45, 2.75) is 0 Å². The highest BCUT2D eigenvalue weighted by Crippen LogP contribution is 2.28. The van der Waals surface area contributed by atoms with Crippen LogP contribution in [0.15, 0.2) is 48.5 Å². The molecule has 0 spiro atoms. The van der Waals surface area contributed by atoms with Crippen LogP contribution >= 0.6 is 0 Å². The van der Waals surface area contributed by atoms with Crippen molar-refractivity contribution < 1.29 is 19.0 Å². The van der Waals surface area contributed by atoms with Gasteiger partial charge in [-0.25, -0.2) is 0 Å². The van der Waals surface area contributed by atoms with Crippen molar-refractivity contribution in [2.75, 3.05) is 45.4 Å². The van der Waals surface area contributed by atoms with Gasteiger partial charge in [0.2, 0.25) is 0 Å². The second kappa shape index (κ2) is 8.54. The molecule has 1 saturated heterocycles. The molecule has 0 atom stereocenters. The van der Waals surface area contributed by atoms with Crippen LogP contribution in [0.2, 0.25) is 0 Å². The summed E-state index contributed by atoms with van der Waals surface area (Å²) < 4.78 is 15.9. The zero-order valence-corrected chi connectivity index (χ0v) is 15.1. The predicted molar refractivity (Wildman–Crippen MR) is 102 cm³/mol. The average Bonchev–Trinajstić information content (AvgIpc) is 2.72. The first-order valence-electron chi connectivity index (χ1n) is 8.58. The van der Waals surface area contributed by atoms with Gasteiger partial charge >= 0.3 is 0 Å². The molecule has 0 aliphatic carbocycles. The van der Waals surface area contributed by atoms with Gasteiger partial charge in [0, 0.05) is 24.3 Å². The first kappa shape index (κ1) is 18.0. The van der Waals surface area contributed by atoms with Gasteiger partial charge in [-0.15, -0.1) is 0 Å². The fraction of sp³-hybridized carbons (Fsp3) is 0.286. The molecule has 1 aliphatic rings. The fourth-order valence-electron chi connectivity index (χ4n) is 2.88. The lowest BCUT2D eigenvalue weighted by Crippen LogP contribution is -2.36. The molecule has 0 unspecified atom stereocenters. The van der Waals surface area contributed by atoms with Crippen LogP contribution in [0.4, 0.5) is 5.69 Å². The number of carbonyl (C=O) groups excluding carboxylic acids is 1. The van der Waals surface area contributed by atoms with Gasteiger partial charge in [-0.2, -0.15) is 0 Å². The standard InChI is InChI=1S/C21H23NO4/c1-24-20-10-4-16(15-21(20)25-2)3-9-19(23)17-5-7-18(8-6-17)22-11-13-26-14-12-22/h3-10,15H,11-14H2,1-2H3. The zero-order chi connectivity index (χ0) is 18.4. The van der Waals surface area contributed by atoms with Crippen LogP contribution in [0.5, 0.6) is 11.5 Å². The fourth-order valence-corrected chi connectivity index (χ4v) is 2.88. The Kier molecular flexibility index (Phi) is 5.92. The highest BCUT2D eigenvalue weighted by molar-refractivity contribution is 6.07. The van der Waals surface area contributed by atoms with E-state index in [1.807, 2.05) is 42.5 Å². The molecule has 0 bridgehead atoms. The van der Waals surface area contributed by atoms with Crippen molar-refractivity contribution in [1.82, 2.24) is 0 Å². The number of ketones is 1. The summed E-state index contributed by atoms with van der Waals surface area (Å²) in [6.45, 7) is 3.25. The SMILES string of the molecule is COc1ccc(C=CC(=O)c2ccc(N3CCOCC3)cc2)cc1OC. The Morgan fingerprint density at radius 1 is 1.00 bits per heavy atom. The van der Waals surface area contributed by atoms with Crippen molar-refractivity contribution in [2.24, 2.45) is 0 Å². The first-order chi connectivity index (χ1) is 12.7. The van der Waals surface area contributed by atoms with Crippen LogP contribution in [-0.2, 0) is 4.74 Å². The van der Waals surface area contributed by atoms with Crippen molar-refractivity contribution in [3.8, 4) is 11.5 Å². The zero-order valence-electron chi connectivity index (χ0n) is 15.1. The van der Waals surface area contributed by atoms with Gasteiger partial charge in [-0.1, -0.05) is 12.1 Å². The number of allylic oxidation sites excluding steroid dienone is 1. The lowest BCUT2D eigenvalue weighted by Gasteiger charge is -2.28. The molecule has 5 nitrogen and oxygen atoms in total. The van der Waals surface area contributed by atoms with Gasteiger partial charge < -0.3 is 19.1 Å². The van der Waals surface area contributed by atoms with Crippen molar-refractivity contribution in [3.63, 3.8) is 0 Å². The van der Waals surface area contributed by atoms with E-state index in [0.29, 0.717) is 17.1 Å². The number of morpholine rings is 1. The average molecular weight is 353 g/mol. The Morgan fingerprint density at radius 2 is 1.69 bits per heavy atom. The van der Waals surface area contributed by atoms with Crippen molar-refractivity contribution in [1.29, 1.82) is 0 Å². The molecule has 0 N–H and O–H groups in total. The minimum atomic E-state index is -0.0340. The van der Waals surface area contributed by atoms with Crippen LogP contribution in [0, 0.1) is 0 Å². The molecule has 136 valence electrons. The molecule has 1 fully saturated rings. The number of hydrogen-bond donors (Lipinski definition) is 0. The summed E-state index contributed by atoms with van der Waals surface area (Å²) in [5, 5.41) is 0. The van der Waals surface area contributed by atoms with Crippen LogP contribution in [0.1, 0.15) is 15.9 Å². The van der Waals surface area contributed by atoms with Gasteiger partial charge in [0.1, 0.15) is 0 Å². The third-order valence-corrected chi connectivity index (χ3v) is 4.36. The summed E-state index contributed by atoms with van der Waals surface area (Å²) in [6.07, 6.45) is 3.35. The van der Waals surface area contributed by atoms with Crippen LogP contribution in [0.3, 0.4) is 0 Å². The number of ether oxygens (including phenoxy) is 3. The van der Waals surface area contributed by atoms with E-state index < -0.39 is 0 Å². The maximum absolute atomic E-state index is 12.4. The van der Waals surface area contributed by atoms with Gasteiger partial charge in [0.25, 0.3) is 0 Å². The molecule has 26 heavy (non-hydrogen) atoms. The van der Waals surface area contributed by atoms with E-state index in [1.54, 1.807) is 26.4 Å². The van der Waals surface area contributed by atoms with E-state index >= 15 is 0 Å². The summed E-state index contributed by atoms with van der Waals surface area (Å²) >= 11 is 0. The number of nitrogens with zero attached hydrogens (tertiary/aromatic N) is 1. The summed E-state index contributed by atoms with van der Waals surface area (Å²) in [4.78, 5) is 14.7. The molecule has 0 amide bonds. The Labute approximate surface area is 153 Å². The number of carbonyl (C=O) groups is 1. The second-order valence-electron chi connectivity index (χ2n) is 5.96. The van der Waals surface area contributed by atoms with E-state index in [2.05, 4.69) is 4.90 Å². The van der Waals surface area contributed by atoms with Gasteiger partial charge in [-0.05, 0) is 48.0 Å². The Balaban J connectivity index is 1.68. The van der Waals surface area contributed by atoms with Gasteiger partial charge in [0.15, 0.2) is 17.3 Å². The minimum absolute atomic E-state index is 0.0340. The predicted octanol–water partition coefficient (Wildman–Crippen LogP) is 3.44. The van der Waals surface area contributed by atoms with E-state index in [-0.39, 0.29) is 5.78 Å². The first-order valence-corrected chi connectivity index (χ1v) is 8.58. The maximum atomic E-state index is 12.4. The quantitative estimate of drug-likeness (QED) is 0.588. The summed E-state index contributed by atoms with van der Waals surface area (Å²) in [5.41, 5.74) is 2.66. The third-order valence-electron chi connectivity index (χ3n) is 4.36. The molecule has 3 rings (SSSR count). The van der Waals surface area contributed by atoms with Crippen LogP contribution < -0.4 is 14.4 Å². The van der Waals surface area contributed by atoms with Crippen molar-refractivity contribution in [3.05, 3.63) is 59.7 Å². The van der Waals surface area contributed by atoms with Crippen LogP contribution in [0.25, 0.3) is 6.08 Å². The molecule has 0 aromatic heterocycles. The lowest BCUT2D eigenvalue weighted by atomic mass is 10.1. The number of benzene rings is 2. The topological polar surface area (TPSA) is 48.0 Å². The second-order valence-corrected chi connectivity index (χ2v) is 5.96. The van der Waals surface area contributed by atoms with Crippen LogP contribution in [-0.4, -0.2) is 46.3 Å². The van der Waals surface area contributed by atoms with Gasteiger partial charge in [0.05, 0.1) is 27.4 Å². The van der Waals surface area contributed by atoms with E-state index in [1.165, 1.54) is 0 Å². The number of methoxy groups -OCH3 is 2. The molecule has 0 radical (unpaired) electrons. The molecule has 2 aromatic rings. The highest BCUT2D eigenvalue weighted by Gasteiger charge is 2.11. The molecule has 1 heterocycles. The van der Waals surface area contributed by atoms with E-state index in [0.717, 1.165) is 37.6 Å². The molecular weight excluding hydrogens is 330 g/mol. The summed E-state index contributed by atoms with van der Waals surface area (Å²) in [6, 6.07) is 13.3.